The minimum absolute atomic E-state index is 0.0223. The van der Waals surface area contributed by atoms with Crippen molar-refractivity contribution < 1.29 is 13.2 Å². The SMILES string of the molecule is CC(C)Cc1ccc(S(=O)(=O)N(CCN(C)C)C2CCOCC2)cc1. The minimum atomic E-state index is -3.49. The highest BCUT2D eigenvalue weighted by Crippen LogP contribution is 2.24. The molecule has 0 saturated carbocycles. The standard InChI is InChI=1S/C19H32N2O3S/c1-16(2)15-17-5-7-19(8-6-17)25(22,23)21(12-11-20(3)4)18-9-13-24-14-10-18/h5-8,16,18H,9-15H2,1-4H3. The van der Waals surface area contributed by atoms with Crippen LogP contribution in [0.5, 0.6) is 0 Å². The van der Waals surface area contributed by atoms with E-state index in [0.717, 1.165) is 19.3 Å². The molecule has 6 heteroatoms. The van der Waals surface area contributed by atoms with Crippen molar-refractivity contribution in [3.8, 4) is 0 Å². The summed E-state index contributed by atoms with van der Waals surface area (Å²) in [6, 6.07) is 7.43. The van der Waals surface area contributed by atoms with Crippen LogP contribution in [0, 0.1) is 5.92 Å². The van der Waals surface area contributed by atoms with Gasteiger partial charge in [0.2, 0.25) is 10.0 Å². The van der Waals surface area contributed by atoms with Crippen molar-refractivity contribution in [1.82, 2.24) is 9.21 Å². The molecule has 2 rings (SSSR count). The van der Waals surface area contributed by atoms with Crippen molar-refractivity contribution in [3.05, 3.63) is 29.8 Å². The van der Waals surface area contributed by atoms with E-state index in [2.05, 4.69) is 13.8 Å². The van der Waals surface area contributed by atoms with E-state index in [1.807, 2.05) is 31.1 Å². The second kappa shape index (κ2) is 9.12. The Kier molecular flexibility index (Phi) is 7.43. The molecule has 0 aliphatic carbocycles. The van der Waals surface area contributed by atoms with Crippen LogP contribution in [0.2, 0.25) is 0 Å². The van der Waals surface area contributed by atoms with Crippen LogP contribution in [0.3, 0.4) is 0 Å². The van der Waals surface area contributed by atoms with E-state index in [4.69, 9.17) is 4.74 Å². The van der Waals surface area contributed by atoms with Gasteiger partial charge in [0.1, 0.15) is 0 Å². The van der Waals surface area contributed by atoms with Crippen molar-refractivity contribution in [2.45, 2.75) is 44.0 Å². The zero-order valence-electron chi connectivity index (χ0n) is 15.9. The lowest BCUT2D eigenvalue weighted by Crippen LogP contribution is -2.46. The summed E-state index contributed by atoms with van der Waals surface area (Å²) in [5, 5.41) is 0. The average molecular weight is 369 g/mol. The largest absolute Gasteiger partial charge is 0.381 e. The Hall–Kier alpha value is -0.950. The first-order chi connectivity index (χ1) is 11.8. The van der Waals surface area contributed by atoms with Crippen LogP contribution < -0.4 is 0 Å². The molecule has 0 bridgehead atoms. The molecule has 1 heterocycles. The van der Waals surface area contributed by atoms with Crippen LogP contribution in [0.4, 0.5) is 0 Å². The third kappa shape index (κ3) is 5.78. The van der Waals surface area contributed by atoms with Gasteiger partial charge in [-0.3, -0.25) is 0 Å². The first-order valence-electron chi connectivity index (χ1n) is 9.14. The third-order valence-electron chi connectivity index (χ3n) is 4.54. The lowest BCUT2D eigenvalue weighted by molar-refractivity contribution is 0.0573. The van der Waals surface area contributed by atoms with Gasteiger partial charge in [-0.05, 0) is 57.0 Å². The maximum Gasteiger partial charge on any atom is 0.243 e. The van der Waals surface area contributed by atoms with Crippen molar-refractivity contribution in [2.24, 2.45) is 5.92 Å². The van der Waals surface area contributed by atoms with Gasteiger partial charge >= 0.3 is 0 Å². The summed E-state index contributed by atoms with van der Waals surface area (Å²) < 4.78 is 33.6. The minimum Gasteiger partial charge on any atom is -0.381 e. The summed E-state index contributed by atoms with van der Waals surface area (Å²) in [6.07, 6.45) is 2.49. The number of hydrogen-bond donors (Lipinski definition) is 0. The monoisotopic (exact) mass is 368 g/mol. The van der Waals surface area contributed by atoms with Crippen molar-refractivity contribution in [2.75, 3.05) is 40.4 Å². The van der Waals surface area contributed by atoms with E-state index >= 15 is 0 Å². The van der Waals surface area contributed by atoms with E-state index in [1.54, 1.807) is 16.4 Å². The van der Waals surface area contributed by atoms with Gasteiger partial charge in [-0.1, -0.05) is 26.0 Å². The number of benzene rings is 1. The lowest BCUT2D eigenvalue weighted by atomic mass is 10.0. The topological polar surface area (TPSA) is 49.9 Å². The molecule has 0 atom stereocenters. The maximum atomic E-state index is 13.2. The molecule has 25 heavy (non-hydrogen) atoms. The fourth-order valence-electron chi connectivity index (χ4n) is 3.17. The van der Waals surface area contributed by atoms with Gasteiger partial charge in [0.25, 0.3) is 0 Å². The highest BCUT2D eigenvalue weighted by Gasteiger charge is 2.32. The quantitative estimate of drug-likeness (QED) is 0.708. The zero-order valence-corrected chi connectivity index (χ0v) is 16.8. The summed E-state index contributed by atoms with van der Waals surface area (Å²) in [5.41, 5.74) is 1.18. The van der Waals surface area contributed by atoms with Gasteiger partial charge in [-0.15, -0.1) is 0 Å². The van der Waals surface area contributed by atoms with E-state index in [0.29, 0.717) is 37.1 Å². The number of hydrogen-bond acceptors (Lipinski definition) is 4. The third-order valence-corrected chi connectivity index (χ3v) is 6.51. The van der Waals surface area contributed by atoms with Gasteiger partial charge in [-0.25, -0.2) is 8.42 Å². The highest BCUT2D eigenvalue weighted by atomic mass is 32.2. The molecular formula is C19H32N2O3S. The molecule has 142 valence electrons. The Bertz CT molecular complexity index is 621. The second-order valence-corrected chi connectivity index (χ2v) is 9.40. The summed E-state index contributed by atoms with van der Waals surface area (Å²) in [6.45, 7) is 6.81. The lowest BCUT2D eigenvalue weighted by Gasteiger charge is -2.34. The Morgan fingerprint density at radius 2 is 1.68 bits per heavy atom. The Morgan fingerprint density at radius 1 is 1.08 bits per heavy atom. The summed E-state index contributed by atoms with van der Waals surface area (Å²) in [4.78, 5) is 2.42. The molecule has 5 nitrogen and oxygen atoms in total. The molecule has 0 radical (unpaired) electrons. The molecule has 1 saturated heterocycles. The van der Waals surface area contributed by atoms with Gasteiger partial charge in [0.15, 0.2) is 0 Å². The smallest absolute Gasteiger partial charge is 0.243 e. The van der Waals surface area contributed by atoms with E-state index in [9.17, 15) is 8.42 Å². The molecular weight excluding hydrogens is 336 g/mol. The second-order valence-electron chi connectivity index (χ2n) is 7.50. The molecule has 0 aromatic heterocycles. The molecule has 1 aromatic carbocycles. The van der Waals surface area contributed by atoms with E-state index < -0.39 is 10.0 Å². The number of sulfonamides is 1. The number of likely N-dealkylation sites (N-methyl/N-ethyl adjacent to an activating group) is 1. The van der Waals surface area contributed by atoms with Crippen molar-refractivity contribution in [1.29, 1.82) is 0 Å². The first kappa shape index (κ1) is 20.4. The molecule has 0 amide bonds. The summed E-state index contributed by atoms with van der Waals surface area (Å²) in [7, 11) is 0.445. The van der Waals surface area contributed by atoms with Crippen LogP contribution in [-0.2, 0) is 21.2 Å². The Balaban J connectivity index is 2.23. The molecule has 1 fully saturated rings. The van der Waals surface area contributed by atoms with E-state index in [1.165, 1.54) is 5.56 Å². The van der Waals surface area contributed by atoms with E-state index in [-0.39, 0.29) is 6.04 Å². The molecule has 0 spiro atoms. The van der Waals surface area contributed by atoms with Crippen LogP contribution in [0.1, 0.15) is 32.3 Å². The van der Waals surface area contributed by atoms with Crippen molar-refractivity contribution >= 4 is 10.0 Å². The molecule has 0 N–H and O–H groups in total. The molecule has 1 aliphatic heterocycles. The summed E-state index contributed by atoms with van der Waals surface area (Å²) in [5.74, 6) is 0.557. The van der Waals surface area contributed by atoms with Crippen LogP contribution in [0.25, 0.3) is 0 Å². The summed E-state index contributed by atoms with van der Waals surface area (Å²) >= 11 is 0. The van der Waals surface area contributed by atoms with Gasteiger partial charge in [-0.2, -0.15) is 4.31 Å². The maximum absolute atomic E-state index is 13.2. The van der Waals surface area contributed by atoms with Gasteiger partial charge in [0, 0.05) is 32.3 Å². The fraction of sp³-hybridized carbons (Fsp3) is 0.684. The predicted molar refractivity (Wildman–Crippen MR) is 101 cm³/mol. The van der Waals surface area contributed by atoms with Crippen LogP contribution in [0.15, 0.2) is 29.2 Å². The fourth-order valence-corrected chi connectivity index (χ4v) is 4.85. The number of nitrogens with zero attached hydrogens (tertiary/aromatic N) is 2. The van der Waals surface area contributed by atoms with Crippen molar-refractivity contribution in [3.63, 3.8) is 0 Å². The molecule has 1 aromatic rings. The number of rotatable bonds is 8. The molecule has 1 aliphatic rings. The average Bonchev–Trinajstić information content (AvgIpc) is 2.55. The zero-order chi connectivity index (χ0) is 18.4. The van der Waals surface area contributed by atoms with Crippen LogP contribution >= 0.6 is 0 Å². The van der Waals surface area contributed by atoms with Gasteiger partial charge < -0.3 is 9.64 Å². The molecule has 0 unspecified atom stereocenters. The van der Waals surface area contributed by atoms with Gasteiger partial charge in [0.05, 0.1) is 4.90 Å². The normalized spacial score (nSPS) is 16.9. The first-order valence-corrected chi connectivity index (χ1v) is 10.6. The Morgan fingerprint density at radius 3 is 2.20 bits per heavy atom. The predicted octanol–water partition coefficient (Wildman–Crippen LogP) is 2.62. The number of ether oxygens (including phenoxy) is 1. The van der Waals surface area contributed by atoms with Crippen LogP contribution in [-0.4, -0.2) is 64.1 Å². The Labute approximate surface area is 153 Å². The highest BCUT2D eigenvalue weighted by molar-refractivity contribution is 7.89.